The Morgan fingerprint density at radius 3 is 2.62 bits per heavy atom. The summed E-state index contributed by atoms with van der Waals surface area (Å²) in [5.74, 6) is -1.16. The number of aliphatic carboxylic acids is 1. The molecule has 1 aromatic carbocycles. The van der Waals surface area contributed by atoms with E-state index in [9.17, 15) is 14.7 Å². The van der Waals surface area contributed by atoms with Gasteiger partial charge in [0.2, 0.25) is 5.91 Å². The van der Waals surface area contributed by atoms with Crippen molar-refractivity contribution in [3.05, 3.63) is 52.3 Å². The average Bonchev–Trinajstić information content (AvgIpc) is 2.79. The summed E-state index contributed by atoms with van der Waals surface area (Å²) in [6.45, 7) is 4.21. The lowest BCUT2D eigenvalue weighted by Crippen LogP contribution is -2.44. The predicted molar refractivity (Wildman–Crippen MR) is 88.6 cm³/mol. The molecule has 1 aliphatic heterocycles. The summed E-state index contributed by atoms with van der Waals surface area (Å²) in [6.07, 6.45) is 0.855. The zero-order chi connectivity index (χ0) is 17.4. The van der Waals surface area contributed by atoms with Crippen LogP contribution in [0, 0.1) is 13.8 Å². The van der Waals surface area contributed by atoms with Crippen molar-refractivity contribution in [1.82, 2.24) is 14.7 Å². The highest BCUT2D eigenvalue weighted by atomic mass is 16.4. The van der Waals surface area contributed by atoms with Crippen LogP contribution in [0.5, 0.6) is 0 Å². The molecule has 24 heavy (non-hydrogen) atoms. The summed E-state index contributed by atoms with van der Waals surface area (Å²) < 4.78 is 1.75. The lowest BCUT2D eigenvalue weighted by atomic mass is 9.92. The SMILES string of the molecule is Cc1nn(C)c(C)c1CC(=O)N1CCc2ccccc2C1C(=O)O. The minimum absolute atomic E-state index is 0.170. The highest BCUT2D eigenvalue weighted by Crippen LogP contribution is 2.30. The third-order valence-corrected chi connectivity index (χ3v) is 4.82. The van der Waals surface area contributed by atoms with Crippen LogP contribution in [0.25, 0.3) is 0 Å². The highest BCUT2D eigenvalue weighted by Gasteiger charge is 2.36. The quantitative estimate of drug-likeness (QED) is 0.932. The largest absolute Gasteiger partial charge is 0.479 e. The summed E-state index contributed by atoms with van der Waals surface area (Å²) in [6, 6.07) is 6.53. The molecule has 6 heteroatoms. The van der Waals surface area contributed by atoms with Crippen LogP contribution in [0.1, 0.15) is 34.1 Å². The van der Waals surface area contributed by atoms with Crippen LogP contribution in [0.4, 0.5) is 0 Å². The first-order valence-corrected chi connectivity index (χ1v) is 7.99. The number of carbonyl (C=O) groups is 2. The Bertz CT molecular complexity index is 810. The molecule has 6 nitrogen and oxygen atoms in total. The average molecular weight is 327 g/mol. The monoisotopic (exact) mass is 327 g/mol. The Kier molecular flexibility index (Phi) is 4.13. The number of carbonyl (C=O) groups excluding carboxylic acids is 1. The molecule has 0 fully saturated rings. The van der Waals surface area contributed by atoms with Gasteiger partial charge in [-0.1, -0.05) is 24.3 Å². The van der Waals surface area contributed by atoms with Crippen LogP contribution in [-0.2, 0) is 29.5 Å². The van der Waals surface area contributed by atoms with Crippen molar-refractivity contribution in [2.75, 3.05) is 6.54 Å². The number of benzene rings is 1. The van der Waals surface area contributed by atoms with Crippen LogP contribution in [0.2, 0.25) is 0 Å². The number of carboxylic acids is 1. The number of hydrogen-bond acceptors (Lipinski definition) is 3. The Hall–Kier alpha value is -2.63. The van der Waals surface area contributed by atoms with Gasteiger partial charge in [0.1, 0.15) is 0 Å². The molecule has 1 aliphatic rings. The zero-order valence-corrected chi connectivity index (χ0v) is 14.1. The lowest BCUT2D eigenvalue weighted by Gasteiger charge is -2.34. The maximum atomic E-state index is 12.8. The van der Waals surface area contributed by atoms with Crippen molar-refractivity contribution in [2.24, 2.45) is 7.05 Å². The van der Waals surface area contributed by atoms with E-state index in [1.54, 1.807) is 10.7 Å². The molecular formula is C18H21N3O3. The minimum atomic E-state index is -0.991. The third-order valence-electron chi connectivity index (χ3n) is 4.82. The zero-order valence-electron chi connectivity index (χ0n) is 14.1. The molecule has 0 bridgehead atoms. The molecule has 3 rings (SSSR count). The number of hydrogen-bond donors (Lipinski definition) is 1. The first-order chi connectivity index (χ1) is 11.4. The molecule has 1 N–H and O–H groups in total. The number of aromatic nitrogens is 2. The summed E-state index contributed by atoms with van der Waals surface area (Å²) in [5, 5.41) is 14.0. The van der Waals surface area contributed by atoms with E-state index in [0.717, 1.165) is 22.5 Å². The second-order valence-corrected chi connectivity index (χ2v) is 6.23. The number of rotatable bonds is 3. The van der Waals surface area contributed by atoms with Gasteiger partial charge in [-0.15, -0.1) is 0 Å². The van der Waals surface area contributed by atoms with E-state index in [-0.39, 0.29) is 12.3 Å². The first kappa shape index (κ1) is 16.2. The van der Waals surface area contributed by atoms with E-state index in [1.807, 2.05) is 39.1 Å². The fourth-order valence-corrected chi connectivity index (χ4v) is 3.43. The van der Waals surface area contributed by atoms with Gasteiger partial charge in [0.25, 0.3) is 0 Å². The highest BCUT2D eigenvalue weighted by molar-refractivity contribution is 5.87. The first-order valence-electron chi connectivity index (χ1n) is 7.99. The van der Waals surface area contributed by atoms with E-state index in [0.29, 0.717) is 18.5 Å². The molecule has 0 saturated carbocycles. The van der Waals surface area contributed by atoms with E-state index in [1.165, 1.54) is 4.90 Å². The number of amides is 1. The summed E-state index contributed by atoms with van der Waals surface area (Å²) in [7, 11) is 1.84. The van der Waals surface area contributed by atoms with Crippen LogP contribution in [0.15, 0.2) is 24.3 Å². The van der Waals surface area contributed by atoms with Crippen LogP contribution in [-0.4, -0.2) is 38.2 Å². The standard InChI is InChI=1S/C18H21N3O3/c1-11-15(12(2)20(3)19-11)10-16(22)21-9-8-13-6-4-5-7-14(13)17(21)18(23)24/h4-7,17H,8-10H2,1-3H3,(H,23,24). The van der Waals surface area contributed by atoms with Gasteiger partial charge in [0, 0.05) is 24.8 Å². The summed E-state index contributed by atoms with van der Waals surface area (Å²) in [4.78, 5) is 26.1. The second kappa shape index (κ2) is 6.11. The summed E-state index contributed by atoms with van der Waals surface area (Å²) in [5.41, 5.74) is 4.34. The topological polar surface area (TPSA) is 75.4 Å². The molecule has 1 amide bonds. The van der Waals surface area contributed by atoms with Crippen LogP contribution >= 0.6 is 0 Å². The number of carboxylic acid groups (broad SMARTS) is 1. The van der Waals surface area contributed by atoms with Gasteiger partial charge in [0.05, 0.1) is 12.1 Å². The van der Waals surface area contributed by atoms with E-state index in [2.05, 4.69) is 5.10 Å². The molecule has 0 saturated heterocycles. The Morgan fingerprint density at radius 1 is 1.29 bits per heavy atom. The summed E-state index contributed by atoms with van der Waals surface area (Å²) >= 11 is 0. The molecule has 0 radical (unpaired) electrons. The van der Waals surface area contributed by atoms with Crippen molar-refractivity contribution in [3.8, 4) is 0 Å². The van der Waals surface area contributed by atoms with Gasteiger partial charge in [-0.2, -0.15) is 5.10 Å². The number of fused-ring (bicyclic) bond motifs is 1. The van der Waals surface area contributed by atoms with Gasteiger partial charge in [0.15, 0.2) is 6.04 Å². The molecule has 1 atom stereocenters. The van der Waals surface area contributed by atoms with Gasteiger partial charge < -0.3 is 10.0 Å². The second-order valence-electron chi connectivity index (χ2n) is 6.23. The normalized spacial score (nSPS) is 16.8. The van der Waals surface area contributed by atoms with E-state index in [4.69, 9.17) is 0 Å². The molecular weight excluding hydrogens is 306 g/mol. The number of nitrogens with zero attached hydrogens (tertiary/aromatic N) is 3. The molecule has 126 valence electrons. The number of aryl methyl sites for hydroxylation is 2. The molecule has 1 unspecified atom stereocenters. The lowest BCUT2D eigenvalue weighted by molar-refractivity contribution is -0.151. The molecule has 1 aromatic heterocycles. The molecule has 2 heterocycles. The Labute approximate surface area is 140 Å². The van der Waals surface area contributed by atoms with Crippen molar-refractivity contribution in [1.29, 1.82) is 0 Å². The fourth-order valence-electron chi connectivity index (χ4n) is 3.43. The smallest absolute Gasteiger partial charge is 0.331 e. The molecule has 2 aromatic rings. The maximum absolute atomic E-state index is 12.8. The Morgan fingerprint density at radius 2 is 2.00 bits per heavy atom. The van der Waals surface area contributed by atoms with Crippen molar-refractivity contribution in [3.63, 3.8) is 0 Å². The minimum Gasteiger partial charge on any atom is -0.479 e. The van der Waals surface area contributed by atoms with Gasteiger partial charge >= 0.3 is 5.97 Å². The van der Waals surface area contributed by atoms with Crippen molar-refractivity contribution in [2.45, 2.75) is 32.7 Å². The predicted octanol–water partition coefficient (Wildman–Crippen LogP) is 1.79. The maximum Gasteiger partial charge on any atom is 0.331 e. The van der Waals surface area contributed by atoms with Crippen LogP contribution < -0.4 is 0 Å². The van der Waals surface area contributed by atoms with Gasteiger partial charge in [-0.05, 0) is 31.4 Å². The van der Waals surface area contributed by atoms with Crippen molar-refractivity contribution < 1.29 is 14.7 Å². The molecule has 0 aliphatic carbocycles. The third kappa shape index (κ3) is 2.68. The van der Waals surface area contributed by atoms with E-state index < -0.39 is 12.0 Å². The fraction of sp³-hybridized carbons (Fsp3) is 0.389. The van der Waals surface area contributed by atoms with Gasteiger partial charge in [-0.25, -0.2) is 4.79 Å². The van der Waals surface area contributed by atoms with Crippen molar-refractivity contribution >= 4 is 11.9 Å². The Balaban J connectivity index is 1.91. The van der Waals surface area contributed by atoms with E-state index >= 15 is 0 Å². The molecule has 0 spiro atoms. The van der Waals surface area contributed by atoms with Gasteiger partial charge in [-0.3, -0.25) is 9.48 Å². The van der Waals surface area contributed by atoms with Crippen LogP contribution in [0.3, 0.4) is 0 Å².